The predicted molar refractivity (Wildman–Crippen MR) is 111 cm³/mol. The van der Waals surface area contributed by atoms with Crippen molar-refractivity contribution in [3.05, 3.63) is 59.4 Å². The van der Waals surface area contributed by atoms with E-state index < -0.39 is 0 Å². The molecule has 1 heterocycles. The third-order valence-electron chi connectivity index (χ3n) is 4.66. The minimum atomic E-state index is -0.363. The Labute approximate surface area is 170 Å². The first-order chi connectivity index (χ1) is 14.2. The molecule has 0 aliphatic heterocycles. The maximum atomic E-state index is 12.4. The summed E-state index contributed by atoms with van der Waals surface area (Å²) >= 11 is 0. The lowest BCUT2D eigenvalue weighted by atomic mass is 9.97. The van der Waals surface area contributed by atoms with Crippen LogP contribution in [0.1, 0.15) is 59.9 Å². The van der Waals surface area contributed by atoms with E-state index in [9.17, 15) is 9.59 Å². The molecule has 0 bridgehead atoms. The van der Waals surface area contributed by atoms with Crippen molar-refractivity contribution < 1.29 is 14.3 Å². The number of carbonyl (C=O) groups excluding carboxylic acids is 2. The van der Waals surface area contributed by atoms with Crippen LogP contribution in [0.4, 0.5) is 11.6 Å². The SMILES string of the molecule is CCOC(=O)c1ccc(Nc2nccc(C(=O)NCCC3=CCCCC3)n2)cc1. The number of benzene rings is 1. The summed E-state index contributed by atoms with van der Waals surface area (Å²) < 4.78 is 4.97. The summed E-state index contributed by atoms with van der Waals surface area (Å²) in [5, 5.41) is 5.96. The molecule has 29 heavy (non-hydrogen) atoms. The first kappa shape index (κ1) is 20.5. The Morgan fingerprint density at radius 3 is 2.69 bits per heavy atom. The van der Waals surface area contributed by atoms with Gasteiger partial charge >= 0.3 is 5.97 Å². The summed E-state index contributed by atoms with van der Waals surface area (Å²) in [6.45, 7) is 2.70. The highest BCUT2D eigenvalue weighted by molar-refractivity contribution is 5.92. The van der Waals surface area contributed by atoms with Crippen LogP contribution in [-0.4, -0.2) is 35.0 Å². The van der Waals surface area contributed by atoms with Gasteiger partial charge in [0.05, 0.1) is 12.2 Å². The van der Waals surface area contributed by atoms with Crippen LogP contribution in [0.5, 0.6) is 0 Å². The number of esters is 1. The summed E-state index contributed by atoms with van der Waals surface area (Å²) in [5.74, 6) is -0.265. The fourth-order valence-corrected chi connectivity index (χ4v) is 3.14. The highest BCUT2D eigenvalue weighted by Crippen LogP contribution is 2.19. The molecule has 2 aromatic rings. The molecule has 152 valence electrons. The highest BCUT2D eigenvalue weighted by atomic mass is 16.5. The Bertz CT molecular complexity index is 878. The number of carbonyl (C=O) groups is 2. The second-order valence-corrected chi connectivity index (χ2v) is 6.80. The maximum Gasteiger partial charge on any atom is 0.338 e. The Hall–Kier alpha value is -3.22. The first-order valence-corrected chi connectivity index (χ1v) is 9.99. The van der Waals surface area contributed by atoms with Crippen molar-refractivity contribution in [1.82, 2.24) is 15.3 Å². The number of nitrogens with zero attached hydrogens (tertiary/aromatic N) is 2. The Morgan fingerprint density at radius 2 is 1.97 bits per heavy atom. The number of aromatic nitrogens is 2. The van der Waals surface area contributed by atoms with Gasteiger partial charge in [-0.15, -0.1) is 0 Å². The molecule has 1 aromatic heterocycles. The monoisotopic (exact) mass is 394 g/mol. The lowest BCUT2D eigenvalue weighted by Crippen LogP contribution is -2.26. The van der Waals surface area contributed by atoms with E-state index >= 15 is 0 Å². The molecular formula is C22H26N4O3. The molecule has 1 aromatic carbocycles. The van der Waals surface area contributed by atoms with E-state index in [1.165, 1.54) is 18.4 Å². The minimum Gasteiger partial charge on any atom is -0.462 e. The van der Waals surface area contributed by atoms with Crippen LogP contribution in [-0.2, 0) is 4.74 Å². The van der Waals surface area contributed by atoms with Gasteiger partial charge in [-0.25, -0.2) is 14.8 Å². The number of rotatable bonds is 8. The molecular weight excluding hydrogens is 368 g/mol. The average molecular weight is 394 g/mol. The van der Waals surface area contributed by atoms with Crippen LogP contribution in [0.2, 0.25) is 0 Å². The van der Waals surface area contributed by atoms with Crippen molar-refractivity contribution >= 4 is 23.5 Å². The number of allylic oxidation sites excluding steroid dienone is 1. The number of hydrogen-bond acceptors (Lipinski definition) is 6. The van der Waals surface area contributed by atoms with Gasteiger partial charge in [0, 0.05) is 18.4 Å². The molecule has 3 rings (SSSR count). The Balaban J connectivity index is 1.55. The van der Waals surface area contributed by atoms with E-state index in [0.29, 0.717) is 36.0 Å². The van der Waals surface area contributed by atoms with Gasteiger partial charge in [0.1, 0.15) is 5.69 Å². The number of nitrogens with one attached hydrogen (secondary N) is 2. The Kier molecular flexibility index (Phi) is 7.33. The van der Waals surface area contributed by atoms with Crippen LogP contribution >= 0.6 is 0 Å². The van der Waals surface area contributed by atoms with Crippen molar-refractivity contribution in [2.24, 2.45) is 0 Å². The highest BCUT2D eigenvalue weighted by Gasteiger charge is 2.10. The average Bonchev–Trinajstić information content (AvgIpc) is 2.75. The van der Waals surface area contributed by atoms with Gasteiger partial charge < -0.3 is 15.4 Å². The standard InChI is InChI=1S/C22H26N4O3/c1-2-29-21(28)17-8-10-18(11-9-17)25-22-24-15-13-19(26-22)20(27)23-14-12-16-6-4-3-5-7-16/h6,8-11,13,15H,2-5,7,12,14H2,1H3,(H,23,27)(H,24,25,26). The first-order valence-electron chi connectivity index (χ1n) is 9.99. The van der Waals surface area contributed by atoms with Gasteiger partial charge in [-0.2, -0.15) is 0 Å². The van der Waals surface area contributed by atoms with Gasteiger partial charge in [0.15, 0.2) is 0 Å². The van der Waals surface area contributed by atoms with E-state index in [0.717, 1.165) is 19.3 Å². The molecule has 0 spiro atoms. The summed E-state index contributed by atoms with van der Waals surface area (Å²) in [6.07, 6.45) is 9.49. The van der Waals surface area contributed by atoms with Crippen molar-refractivity contribution in [2.75, 3.05) is 18.5 Å². The summed E-state index contributed by atoms with van der Waals surface area (Å²) in [4.78, 5) is 32.5. The maximum absolute atomic E-state index is 12.4. The van der Waals surface area contributed by atoms with Crippen LogP contribution in [0, 0.1) is 0 Å². The van der Waals surface area contributed by atoms with Crippen LogP contribution in [0.25, 0.3) is 0 Å². The molecule has 1 amide bonds. The van der Waals surface area contributed by atoms with Crippen LogP contribution < -0.4 is 10.6 Å². The Morgan fingerprint density at radius 1 is 1.14 bits per heavy atom. The molecule has 1 aliphatic rings. The second kappa shape index (κ2) is 10.4. The third kappa shape index (κ3) is 6.14. The molecule has 0 fully saturated rings. The van der Waals surface area contributed by atoms with Crippen molar-refractivity contribution in [2.45, 2.75) is 39.0 Å². The topological polar surface area (TPSA) is 93.2 Å². The van der Waals surface area contributed by atoms with E-state index in [4.69, 9.17) is 4.74 Å². The van der Waals surface area contributed by atoms with E-state index in [1.807, 2.05) is 0 Å². The van der Waals surface area contributed by atoms with Crippen LogP contribution in [0.3, 0.4) is 0 Å². The molecule has 0 saturated heterocycles. The fraction of sp³-hybridized carbons (Fsp3) is 0.364. The number of amides is 1. The molecule has 1 aliphatic carbocycles. The molecule has 7 nitrogen and oxygen atoms in total. The predicted octanol–water partition coefficient (Wildman–Crippen LogP) is 4.02. The lowest BCUT2D eigenvalue weighted by Gasteiger charge is -2.13. The number of ether oxygens (including phenoxy) is 1. The van der Waals surface area contributed by atoms with Gasteiger partial charge in [-0.1, -0.05) is 11.6 Å². The molecule has 0 atom stereocenters. The summed E-state index contributed by atoms with van der Waals surface area (Å²) in [6, 6.07) is 8.39. The minimum absolute atomic E-state index is 0.218. The summed E-state index contributed by atoms with van der Waals surface area (Å²) in [7, 11) is 0. The third-order valence-corrected chi connectivity index (χ3v) is 4.66. The van der Waals surface area contributed by atoms with Gasteiger partial charge in [-0.3, -0.25) is 4.79 Å². The fourth-order valence-electron chi connectivity index (χ4n) is 3.14. The second-order valence-electron chi connectivity index (χ2n) is 6.80. The number of hydrogen-bond donors (Lipinski definition) is 2. The van der Waals surface area contributed by atoms with Gasteiger partial charge in [0.25, 0.3) is 5.91 Å². The normalized spacial score (nSPS) is 13.3. The molecule has 0 radical (unpaired) electrons. The van der Waals surface area contributed by atoms with E-state index in [1.54, 1.807) is 43.5 Å². The van der Waals surface area contributed by atoms with Gasteiger partial charge in [-0.05, 0) is 69.4 Å². The van der Waals surface area contributed by atoms with Crippen molar-refractivity contribution in [3.8, 4) is 0 Å². The van der Waals surface area contributed by atoms with E-state index in [-0.39, 0.29) is 11.9 Å². The van der Waals surface area contributed by atoms with Gasteiger partial charge in [0.2, 0.25) is 5.95 Å². The number of anilines is 2. The quantitative estimate of drug-likeness (QED) is 0.519. The molecule has 0 unspecified atom stereocenters. The van der Waals surface area contributed by atoms with Crippen LogP contribution in [0.15, 0.2) is 48.2 Å². The molecule has 2 N–H and O–H groups in total. The zero-order valence-electron chi connectivity index (χ0n) is 16.6. The van der Waals surface area contributed by atoms with E-state index in [2.05, 4.69) is 26.7 Å². The largest absolute Gasteiger partial charge is 0.462 e. The van der Waals surface area contributed by atoms with Crippen molar-refractivity contribution in [1.29, 1.82) is 0 Å². The van der Waals surface area contributed by atoms with Crippen molar-refractivity contribution in [3.63, 3.8) is 0 Å². The lowest BCUT2D eigenvalue weighted by molar-refractivity contribution is 0.0526. The molecule has 7 heteroatoms. The summed E-state index contributed by atoms with van der Waals surface area (Å²) in [5.41, 5.74) is 2.91. The zero-order chi connectivity index (χ0) is 20.5. The smallest absolute Gasteiger partial charge is 0.338 e. The zero-order valence-corrected chi connectivity index (χ0v) is 16.6. The molecule has 0 saturated carbocycles.